The van der Waals surface area contributed by atoms with Crippen LogP contribution >= 0.6 is 24.0 Å². The summed E-state index contributed by atoms with van der Waals surface area (Å²) in [6.45, 7) is 4.19. The Balaban J connectivity index is 0.00000208. The summed E-state index contributed by atoms with van der Waals surface area (Å²) in [5.74, 6) is 0.949. The number of amides is 1. The molecule has 0 saturated carbocycles. The summed E-state index contributed by atoms with van der Waals surface area (Å²) >= 11 is 0. The van der Waals surface area contributed by atoms with E-state index in [9.17, 15) is 4.79 Å². The fourth-order valence-corrected chi connectivity index (χ4v) is 2.95. The summed E-state index contributed by atoms with van der Waals surface area (Å²) < 4.78 is 10.3. The normalized spacial score (nSPS) is 21.5. The maximum absolute atomic E-state index is 12.3. The number of halogens is 1. The van der Waals surface area contributed by atoms with Crippen molar-refractivity contribution in [1.82, 2.24) is 20.3 Å². The summed E-state index contributed by atoms with van der Waals surface area (Å²) in [7, 11) is 1.76. The Hall–Kier alpha value is -1.36. The van der Waals surface area contributed by atoms with E-state index in [1.54, 1.807) is 13.3 Å². The van der Waals surface area contributed by atoms with Crippen molar-refractivity contribution in [3.8, 4) is 0 Å². The Morgan fingerprint density at radius 3 is 2.71 bits per heavy atom. The van der Waals surface area contributed by atoms with E-state index in [1.807, 2.05) is 11.0 Å². The first kappa shape index (κ1) is 19.0. The largest absolute Gasteiger partial charge is 0.368 e. The van der Waals surface area contributed by atoms with Crippen molar-refractivity contribution in [3.05, 3.63) is 18.0 Å². The van der Waals surface area contributed by atoms with Crippen LogP contribution in [0.5, 0.6) is 0 Å². The smallest absolute Gasteiger partial charge is 0.251 e. The van der Waals surface area contributed by atoms with Crippen LogP contribution in [0.2, 0.25) is 0 Å². The molecular weight excluding hydrogens is 425 g/mol. The van der Waals surface area contributed by atoms with Crippen molar-refractivity contribution in [3.63, 3.8) is 0 Å². The summed E-state index contributed by atoms with van der Waals surface area (Å²) in [5, 5.41) is 7.14. The molecule has 3 rings (SSSR count). The molecular formula is C15H24IN5O3. The molecule has 1 atom stereocenters. The Morgan fingerprint density at radius 2 is 2.12 bits per heavy atom. The number of ether oxygens (including phenoxy) is 1. The van der Waals surface area contributed by atoms with E-state index in [-0.39, 0.29) is 36.0 Å². The van der Waals surface area contributed by atoms with E-state index in [2.05, 4.69) is 20.4 Å². The molecule has 1 amide bonds. The summed E-state index contributed by atoms with van der Waals surface area (Å²) in [6.07, 6.45) is 3.15. The molecule has 8 nitrogen and oxygen atoms in total. The highest BCUT2D eigenvalue weighted by atomic mass is 127. The molecule has 0 aromatic carbocycles. The second kappa shape index (κ2) is 9.21. The standard InChI is InChI=1S/C15H23N5O3.HI/c1-16-15(17-11-12-4-10-23-18-12)20-7-5-19(6-8-20)14(21)13-3-2-9-22-13;/h4,10,13H,2-3,5-9,11H2,1H3,(H,16,17);1H. The SMILES string of the molecule is CN=C(NCc1ccon1)N1CCN(C(=O)C2CCCO2)CC1.I. The lowest BCUT2D eigenvalue weighted by Gasteiger charge is -2.37. The van der Waals surface area contributed by atoms with Crippen LogP contribution in [-0.2, 0) is 16.1 Å². The van der Waals surface area contributed by atoms with Crippen LogP contribution in [-0.4, -0.2) is 72.8 Å². The van der Waals surface area contributed by atoms with Gasteiger partial charge in [-0.2, -0.15) is 0 Å². The Morgan fingerprint density at radius 1 is 1.38 bits per heavy atom. The summed E-state index contributed by atoms with van der Waals surface area (Å²) in [6, 6.07) is 1.82. The van der Waals surface area contributed by atoms with Crippen molar-refractivity contribution >= 4 is 35.8 Å². The minimum Gasteiger partial charge on any atom is -0.368 e. The molecule has 0 spiro atoms. The van der Waals surface area contributed by atoms with E-state index in [4.69, 9.17) is 9.26 Å². The molecule has 3 heterocycles. The van der Waals surface area contributed by atoms with Crippen molar-refractivity contribution in [2.75, 3.05) is 39.8 Å². The quantitative estimate of drug-likeness (QED) is 0.416. The molecule has 2 aliphatic heterocycles. The van der Waals surface area contributed by atoms with Gasteiger partial charge in [0.05, 0.1) is 6.54 Å². The van der Waals surface area contributed by atoms with Crippen molar-refractivity contribution in [2.45, 2.75) is 25.5 Å². The van der Waals surface area contributed by atoms with Gasteiger partial charge in [-0.25, -0.2) is 0 Å². The number of carbonyl (C=O) groups excluding carboxylic acids is 1. The van der Waals surface area contributed by atoms with E-state index < -0.39 is 0 Å². The van der Waals surface area contributed by atoms with Gasteiger partial charge in [0.25, 0.3) is 5.91 Å². The third kappa shape index (κ3) is 4.59. The first-order chi connectivity index (χ1) is 11.3. The van der Waals surface area contributed by atoms with E-state index >= 15 is 0 Å². The Kier molecular flexibility index (Phi) is 7.28. The number of aromatic nitrogens is 1. The number of hydrogen-bond acceptors (Lipinski definition) is 5. The lowest BCUT2D eigenvalue weighted by Crippen LogP contribution is -2.55. The van der Waals surface area contributed by atoms with Crippen LogP contribution in [0.25, 0.3) is 0 Å². The zero-order chi connectivity index (χ0) is 16.1. The number of nitrogens with zero attached hydrogens (tertiary/aromatic N) is 4. The molecule has 0 radical (unpaired) electrons. The monoisotopic (exact) mass is 449 g/mol. The number of piperazine rings is 1. The van der Waals surface area contributed by atoms with Crippen LogP contribution in [0.4, 0.5) is 0 Å². The highest BCUT2D eigenvalue weighted by Gasteiger charge is 2.30. The molecule has 9 heteroatoms. The molecule has 1 N–H and O–H groups in total. The number of nitrogens with one attached hydrogen (secondary N) is 1. The van der Waals surface area contributed by atoms with Crippen molar-refractivity contribution in [2.24, 2.45) is 4.99 Å². The summed E-state index contributed by atoms with van der Waals surface area (Å²) in [4.78, 5) is 20.7. The fraction of sp³-hybridized carbons (Fsp3) is 0.667. The molecule has 134 valence electrons. The highest BCUT2D eigenvalue weighted by molar-refractivity contribution is 14.0. The van der Waals surface area contributed by atoms with E-state index in [0.717, 1.165) is 37.6 Å². The van der Waals surface area contributed by atoms with Gasteiger partial charge in [-0.15, -0.1) is 24.0 Å². The van der Waals surface area contributed by atoms with Gasteiger partial charge in [-0.1, -0.05) is 5.16 Å². The van der Waals surface area contributed by atoms with Crippen LogP contribution in [0.15, 0.2) is 21.8 Å². The molecule has 1 unspecified atom stereocenters. The number of aliphatic imine (C=N–C) groups is 1. The topological polar surface area (TPSA) is 83.2 Å². The van der Waals surface area contributed by atoms with Crippen LogP contribution in [0.1, 0.15) is 18.5 Å². The van der Waals surface area contributed by atoms with Crippen molar-refractivity contribution in [1.29, 1.82) is 0 Å². The molecule has 0 aliphatic carbocycles. The van der Waals surface area contributed by atoms with E-state index in [0.29, 0.717) is 26.2 Å². The second-order valence-electron chi connectivity index (χ2n) is 5.71. The van der Waals surface area contributed by atoms with Gasteiger partial charge >= 0.3 is 0 Å². The second-order valence-corrected chi connectivity index (χ2v) is 5.71. The lowest BCUT2D eigenvalue weighted by atomic mass is 10.2. The van der Waals surface area contributed by atoms with Gasteiger partial charge in [0.1, 0.15) is 18.1 Å². The first-order valence-corrected chi connectivity index (χ1v) is 8.03. The maximum Gasteiger partial charge on any atom is 0.251 e. The third-order valence-electron chi connectivity index (χ3n) is 4.23. The van der Waals surface area contributed by atoms with Gasteiger partial charge in [0.15, 0.2) is 5.96 Å². The van der Waals surface area contributed by atoms with Crippen LogP contribution in [0, 0.1) is 0 Å². The number of rotatable bonds is 3. The molecule has 24 heavy (non-hydrogen) atoms. The minimum atomic E-state index is -0.230. The molecule has 0 bridgehead atoms. The third-order valence-corrected chi connectivity index (χ3v) is 4.23. The van der Waals surface area contributed by atoms with Gasteiger partial charge in [-0.05, 0) is 12.8 Å². The van der Waals surface area contributed by atoms with Gasteiger partial charge in [0, 0.05) is 45.9 Å². The van der Waals surface area contributed by atoms with Crippen LogP contribution in [0.3, 0.4) is 0 Å². The number of carbonyl (C=O) groups is 1. The maximum atomic E-state index is 12.3. The molecule has 1 aromatic heterocycles. The first-order valence-electron chi connectivity index (χ1n) is 8.03. The zero-order valence-corrected chi connectivity index (χ0v) is 16.1. The predicted molar refractivity (Wildman–Crippen MR) is 99.2 cm³/mol. The zero-order valence-electron chi connectivity index (χ0n) is 13.8. The van der Waals surface area contributed by atoms with Gasteiger partial charge < -0.3 is 24.4 Å². The molecule has 2 fully saturated rings. The molecule has 2 saturated heterocycles. The number of hydrogen-bond donors (Lipinski definition) is 1. The highest BCUT2D eigenvalue weighted by Crippen LogP contribution is 2.16. The van der Waals surface area contributed by atoms with Gasteiger partial charge in [-0.3, -0.25) is 9.79 Å². The molecule has 1 aromatic rings. The Labute approximate surface area is 158 Å². The minimum absolute atomic E-state index is 0. The Bertz CT molecular complexity index is 537. The van der Waals surface area contributed by atoms with Crippen molar-refractivity contribution < 1.29 is 14.1 Å². The number of guanidine groups is 1. The predicted octanol–water partition coefficient (Wildman–Crippen LogP) is 0.691. The average molecular weight is 449 g/mol. The fourth-order valence-electron chi connectivity index (χ4n) is 2.95. The lowest BCUT2D eigenvalue weighted by molar-refractivity contribution is -0.142. The van der Waals surface area contributed by atoms with Gasteiger partial charge in [0.2, 0.25) is 0 Å². The summed E-state index contributed by atoms with van der Waals surface area (Å²) in [5.41, 5.74) is 0.832. The average Bonchev–Trinajstić information content (AvgIpc) is 3.29. The van der Waals surface area contributed by atoms with E-state index in [1.165, 1.54) is 0 Å². The molecule has 2 aliphatic rings. The van der Waals surface area contributed by atoms with Crippen LogP contribution < -0.4 is 5.32 Å².